The van der Waals surface area contributed by atoms with Crippen LogP contribution in [-0.2, 0) is 13.2 Å². The SMILES string of the molecule is Cc1nc(COc2ccc(Cl)cc2)sc1C(=O)N(C)Cc1ccccc1. The Morgan fingerprint density at radius 3 is 2.54 bits per heavy atom. The van der Waals surface area contributed by atoms with Crippen LogP contribution in [0.3, 0.4) is 0 Å². The van der Waals surface area contributed by atoms with E-state index in [1.807, 2.05) is 49.4 Å². The number of thiazole rings is 1. The first kappa shape index (κ1) is 18.4. The first-order valence-electron chi connectivity index (χ1n) is 8.17. The van der Waals surface area contributed by atoms with Crippen molar-refractivity contribution < 1.29 is 9.53 Å². The monoisotopic (exact) mass is 386 g/mol. The van der Waals surface area contributed by atoms with Crippen LogP contribution in [0.15, 0.2) is 54.6 Å². The summed E-state index contributed by atoms with van der Waals surface area (Å²) >= 11 is 7.24. The first-order valence-corrected chi connectivity index (χ1v) is 9.36. The van der Waals surface area contributed by atoms with Crippen molar-refractivity contribution in [3.8, 4) is 5.75 Å². The Morgan fingerprint density at radius 1 is 1.15 bits per heavy atom. The van der Waals surface area contributed by atoms with Crippen LogP contribution in [0.4, 0.5) is 0 Å². The minimum Gasteiger partial charge on any atom is -0.486 e. The molecule has 0 atom stereocenters. The van der Waals surface area contributed by atoms with Gasteiger partial charge < -0.3 is 9.64 Å². The van der Waals surface area contributed by atoms with Crippen molar-refractivity contribution in [2.75, 3.05) is 7.05 Å². The molecule has 0 aliphatic rings. The summed E-state index contributed by atoms with van der Waals surface area (Å²) in [5, 5.41) is 1.44. The van der Waals surface area contributed by atoms with E-state index in [9.17, 15) is 4.79 Å². The second-order valence-corrected chi connectivity index (χ2v) is 7.43. The lowest BCUT2D eigenvalue weighted by Crippen LogP contribution is -2.26. The van der Waals surface area contributed by atoms with Crippen LogP contribution in [0.2, 0.25) is 5.02 Å². The first-order chi connectivity index (χ1) is 12.5. The molecule has 4 nitrogen and oxygen atoms in total. The molecule has 6 heteroatoms. The van der Waals surface area contributed by atoms with Gasteiger partial charge in [0.2, 0.25) is 0 Å². The maximum Gasteiger partial charge on any atom is 0.265 e. The molecule has 0 N–H and O–H groups in total. The second-order valence-electron chi connectivity index (χ2n) is 5.91. The molecule has 0 bridgehead atoms. The lowest BCUT2D eigenvalue weighted by molar-refractivity contribution is 0.0789. The van der Waals surface area contributed by atoms with Crippen LogP contribution in [0.5, 0.6) is 5.75 Å². The minimum atomic E-state index is -0.0263. The normalized spacial score (nSPS) is 10.6. The molecule has 0 aliphatic carbocycles. The fraction of sp³-hybridized carbons (Fsp3) is 0.200. The third-order valence-corrected chi connectivity index (χ3v) is 5.19. The number of carbonyl (C=O) groups is 1. The summed E-state index contributed by atoms with van der Waals surface area (Å²) in [6, 6.07) is 17.1. The van der Waals surface area contributed by atoms with Crippen molar-refractivity contribution in [3.63, 3.8) is 0 Å². The number of ether oxygens (including phenoxy) is 1. The lowest BCUT2D eigenvalue weighted by Gasteiger charge is -2.16. The quantitative estimate of drug-likeness (QED) is 0.601. The van der Waals surface area contributed by atoms with E-state index in [0.717, 1.165) is 22.0 Å². The molecule has 0 radical (unpaired) electrons. The molecular formula is C20H19ClN2O2S. The van der Waals surface area contributed by atoms with Crippen LogP contribution in [-0.4, -0.2) is 22.8 Å². The number of benzene rings is 2. The Morgan fingerprint density at radius 2 is 1.85 bits per heavy atom. The van der Waals surface area contributed by atoms with Gasteiger partial charge in [-0.05, 0) is 36.8 Å². The van der Waals surface area contributed by atoms with E-state index in [4.69, 9.17) is 16.3 Å². The van der Waals surface area contributed by atoms with Crippen molar-refractivity contribution in [1.29, 1.82) is 0 Å². The van der Waals surface area contributed by atoms with Gasteiger partial charge in [0.05, 0.1) is 5.69 Å². The third-order valence-electron chi connectivity index (χ3n) is 3.82. The summed E-state index contributed by atoms with van der Waals surface area (Å²) in [5.74, 6) is 0.693. The van der Waals surface area contributed by atoms with E-state index in [-0.39, 0.29) is 5.91 Å². The van der Waals surface area contributed by atoms with Crippen molar-refractivity contribution >= 4 is 28.8 Å². The maximum absolute atomic E-state index is 12.7. The van der Waals surface area contributed by atoms with Gasteiger partial charge in [0.1, 0.15) is 22.2 Å². The predicted octanol–water partition coefficient (Wildman–Crippen LogP) is 4.96. The molecule has 134 valence electrons. The Kier molecular flexibility index (Phi) is 5.91. The van der Waals surface area contributed by atoms with Crippen LogP contribution in [0.1, 0.15) is 25.9 Å². The molecule has 0 saturated heterocycles. The average Bonchev–Trinajstić information content (AvgIpc) is 3.02. The van der Waals surface area contributed by atoms with E-state index in [2.05, 4.69) is 4.98 Å². The van der Waals surface area contributed by atoms with Crippen LogP contribution in [0.25, 0.3) is 0 Å². The van der Waals surface area contributed by atoms with Gasteiger partial charge in [0, 0.05) is 18.6 Å². The van der Waals surface area contributed by atoms with Crippen molar-refractivity contribution in [3.05, 3.63) is 80.8 Å². The summed E-state index contributed by atoms with van der Waals surface area (Å²) in [4.78, 5) is 19.6. The number of carbonyl (C=O) groups excluding carboxylic acids is 1. The van der Waals surface area contributed by atoms with E-state index in [1.165, 1.54) is 11.3 Å². The fourth-order valence-corrected chi connectivity index (χ4v) is 3.59. The molecule has 26 heavy (non-hydrogen) atoms. The standard InChI is InChI=1S/C20H19ClN2O2S/c1-14-19(20(24)23(2)12-15-6-4-3-5-7-15)26-18(22-14)13-25-17-10-8-16(21)9-11-17/h3-11H,12-13H2,1-2H3. The Balaban J connectivity index is 1.65. The highest BCUT2D eigenvalue weighted by Gasteiger charge is 2.19. The number of aryl methyl sites for hydroxylation is 1. The zero-order chi connectivity index (χ0) is 18.5. The molecular weight excluding hydrogens is 368 g/mol. The molecule has 2 aromatic carbocycles. The molecule has 3 aromatic rings. The molecule has 1 amide bonds. The van der Waals surface area contributed by atoms with Gasteiger partial charge in [-0.2, -0.15) is 0 Å². The van der Waals surface area contributed by atoms with Crippen LogP contribution in [0, 0.1) is 6.92 Å². The lowest BCUT2D eigenvalue weighted by atomic mass is 10.2. The topological polar surface area (TPSA) is 42.4 Å². The number of halogens is 1. The average molecular weight is 387 g/mol. The summed E-state index contributed by atoms with van der Waals surface area (Å²) in [7, 11) is 1.80. The molecule has 0 saturated carbocycles. The van der Waals surface area contributed by atoms with E-state index < -0.39 is 0 Å². The third kappa shape index (κ3) is 4.62. The van der Waals surface area contributed by atoms with Crippen molar-refractivity contribution in [2.45, 2.75) is 20.1 Å². The zero-order valence-corrected chi connectivity index (χ0v) is 16.2. The van der Waals surface area contributed by atoms with Crippen LogP contribution < -0.4 is 4.74 Å². The minimum absolute atomic E-state index is 0.0263. The highest BCUT2D eigenvalue weighted by atomic mass is 35.5. The van der Waals surface area contributed by atoms with Gasteiger partial charge in [-0.15, -0.1) is 11.3 Å². The van der Waals surface area contributed by atoms with E-state index >= 15 is 0 Å². The second kappa shape index (κ2) is 8.34. The molecule has 0 unspecified atom stereocenters. The van der Waals surface area contributed by atoms with E-state index in [1.54, 1.807) is 24.1 Å². The van der Waals surface area contributed by atoms with Gasteiger partial charge in [-0.3, -0.25) is 4.79 Å². The predicted molar refractivity (Wildman–Crippen MR) is 105 cm³/mol. The number of rotatable bonds is 6. The van der Waals surface area contributed by atoms with E-state index in [0.29, 0.717) is 23.1 Å². The zero-order valence-electron chi connectivity index (χ0n) is 14.6. The summed E-state index contributed by atoms with van der Waals surface area (Å²) < 4.78 is 5.72. The highest BCUT2D eigenvalue weighted by molar-refractivity contribution is 7.13. The van der Waals surface area contributed by atoms with Gasteiger partial charge in [0.25, 0.3) is 5.91 Å². The van der Waals surface area contributed by atoms with Gasteiger partial charge in [0.15, 0.2) is 0 Å². The van der Waals surface area contributed by atoms with Crippen molar-refractivity contribution in [1.82, 2.24) is 9.88 Å². The molecule has 0 fully saturated rings. The molecule has 0 spiro atoms. The summed E-state index contributed by atoms with van der Waals surface area (Å²) in [6.07, 6.45) is 0. The number of hydrogen-bond acceptors (Lipinski definition) is 4. The Bertz CT molecular complexity index is 879. The molecule has 1 heterocycles. The molecule has 3 rings (SSSR count). The van der Waals surface area contributed by atoms with Gasteiger partial charge >= 0.3 is 0 Å². The van der Waals surface area contributed by atoms with Gasteiger partial charge in [-0.25, -0.2) is 4.98 Å². The molecule has 0 aliphatic heterocycles. The fourth-order valence-electron chi connectivity index (χ4n) is 2.49. The van der Waals surface area contributed by atoms with Crippen LogP contribution >= 0.6 is 22.9 Å². The number of nitrogens with zero attached hydrogens (tertiary/aromatic N) is 2. The highest BCUT2D eigenvalue weighted by Crippen LogP contribution is 2.23. The van der Waals surface area contributed by atoms with Crippen molar-refractivity contribution in [2.24, 2.45) is 0 Å². The largest absolute Gasteiger partial charge is 0.486 e. The maximum atomic E-state index is 12.7. The smallest absolute Gasteiger partial charge is 0.265 e. The summed E-state index contributed by atoms with van der Waals surface area (Å²) in [6.45, 7) is 2.74. The Hall–Kier alpha value is -2.37. The number of aromatic nitrogens is 1. The Labute approximate surface area is 162 Å². The van der Waals surface area contributed by atoms with Gasteiger partial charge in [-0.1, -0.05) is 41.9 Å². The molecule has 1 aromatic heterocycles. The number of amides is 1. The number of hydrogen-bond donors (Lipinski definition) is 0. The summed E-state index contributed by atoms with van der Waals surface area (Å²) in [5.41, 5.74) is 1.83.